The number of hydrogen-bond donors (Lipinski definition) is 2. The zero-order valence-corrected chi connectivity index (χ0v) is 11.0. The minimum Gasteiger partial charge on any atom is -0.496 e. The van der Waals surface area contributed by atoms with Gasteiger partial charge >= 0.3 is 0 Å². The van der Waals surface area contributed by atoms with E-state index < -0.39 is 4.92 Å². The van der Waals surface area contributed by atoms with Crippen molar-refractivity contribution in [3.63, 3.8) is 0 Å². The van der Waals surface area contributed by atoms with Crippen molar-refractivity contribution in [3.8, 4) is 5.75 Å². The van der Waals surface area contributed by atoms with E-state index in [4.69, 9.17) is 4.74 Å². The summed E-state index contributed by atoms with van der Waals surface area (Å²) in [6.07, 6.45) is 3.46. The van der Waals surface area contributed by atoms with E-state index in [1.807, 2.05) is 0 Å². The average Bonchev–Trinajstić information content (AvgIpc) is 2.91. The van der Waals surface area contributed by atoms with Gasteiger partial charge in [-0.3, -0.25) is 10.1 Å². The fourth-order valence-corrected chi connectivity index (χ4v) is 2.30. The number of hydrogen-bond acceptors (Lipinski definition) is 5. The van der Waals surface area contributed by atoms with Gasteiger partial charge < -0.3 is 15.4 Å². The lowest BCUT2D eigenvalue weighted by Crippen LogP contribution is -2.24. The summed E-state index contributed by atoms with van der Waals surface area (Å²) in [7, 11) is 1.51. The molecule has 6 nitrogen and oxygen atoms in total. The summed E-state index contributed by atoms with van der Waals surface area (Å²) in [6, 6.07) is 5.29. The molecule has 1 aliphatic rings. The highest BCUT2D eigenvalue weighted by molar-refractivity contribution is 5.56. The van der Waals surface area contributed by atoms with Crippen LogP contribution in [0, 0.1) is 10.1 Å². The molecule has 104 valence electrons. The molecule has 1 saturated heterocycles. The molecule has 1 aromatic carbocycles. The molecule has 1 atom stereocenters. The first-order valence-corrected chi connectivity index (χ1v) is 6.50. The van der Waals surface area contributed by atoms with Gasteiger partial charge in [-0.2, -0.15) is 0 Å². The average molecular weight is 265 g/mol. The Bertz CT molecular complexity index is 445. The Labute approximate surface area is 112 Å². The second-order valence-corrected chi connectivity index (χ2v) is 4.69. The molecule has 1 aromatic rings. The number of nitro groups is 1. The number of methoxy groups -OCH3 is 1. The lowest BCUT2D eigenvalue weighted by atomic mass is 10.1. The van der Waals surface area contributed by atoms with Crippen LogP contribution in [0.3, 0.4) is 0 Å². The molecule has 0 amide bonds. The van der Waals surface area contributed by atoms with Gasteiger partial charge in [-0.25, -0.2) is 0 Å². The third-order valence-corrected chi connectivity index (χ3v) is 3.32. The van der Waals surface area contributed by atoms with Gasteiger partial charge in [0.2, 0.25) is 0 Å². The van der Waals surface area contributed by atoms with Crippen molar-refractivity contribution in [2.24, 2.45) is 0 Å². The summed E-state index contributed by atoms with van der Waals surface area (Å²) < 4.78 is 5.07. The number of nitrogens with one attached hydrogen (secondary N) is 2. The van der Waals surface area contributed by atoms with E-state index in [1.165, 1.54) is 32.1 Å². The zero-order chi connectivity index (χ0) is 13.7. The smallest absolute Gasteiger partial charge is 0.275 e. The van der Waals surface area contributed by atoms with E-state index in [1.54, 1.807) is 6.07 Å². The highest BCUT2D eigenvalue weighted by atomic mass is 16.6. The number of anilines is 1. The quantitative estimate of drug-likeness (QED) is 0.609. The topological polar surface area (TPSA) is 76.4 Å². The Morgan fingerprint density at radius 2 is 2.37 bits per heavy atom. The first-order chi connectivity index (χ1) is 9.19. The number of non-ortho nitro benzene ring substituents is 1. The van der Waals surface area contributed by atoms with Crippen LogP contribution in [-0.4, -0.2) is 31.2 Å². The van der Waals surface area contributed by atoms with E-state index in [2.05, 4.69) is 10.6 Å². The predicted molar refractivity (Wildman–Crippen MR) is 73.8 cm³/mol. The molecule has 1 fully saturated rings. The Morgan fingerprint density at radius 1 is 1.53 bits per heavy atom. The van der Waals surface area contributed by atoms with Gasteiger partial charge in [-0.05, 0) is 25.8 Å². The normalized spacial score (nSPS) is 18.3. The van der Waals surface area contributed by atoms with Gasteiger partial charge in [0.1, 0.15) is 5.75 Å². The van der Waals surface area contributed by atoms with Gasteiger partial charge in [0.05, 0.1) is 18.1 Å². The van der Waals surface area contributed by atoms with Crippen LogP contribution < -0.4 is 15.4 Å². The molecule has 6 heteroatoms. The van der Waals surface area contributed by atoms with Crippen LogP contribution in [0.25, 0.3) is 0 Å². The van der Waals surface area contributed by atoms with Crippen molar-refractivity contribution < 1.29 is 9.66 Å². The van der Waals surface area contributed by atoms with Crippen molar-refractivity contribution in [3.05, 3.63) is 28.3 Å². The number of nitro benzene ring substituents is 1. The molecule has 19 heavy (non-hydrogen) atoms. The first-order valence-electron chi connectivity index (χ1n) is 6.50. The van der Waals surface area contributed by atoms with Gasteiger partial charge in [0.15, 0.2) is 0 Å². The molecule has 0 spiro atoms. The Kier molecular flexibility index (Phi) is 4.57. The van der Waals surface area contributed by atoms with Gasteiger partial charge in [-0.15, -0.1) is 0 Å². The molecule has 0 radical (unpaired) electrons. The summed E-state index contributed by atoms with van der Waals surface area (Å²) in [5.74, 6) is 0.496. The van der Waals surface area contributed by atoms with E-state index in [-0.39, 0.29) is 5.69 Å². The summed E-state index contributed by atoms with van der Waals surface area (Å²) in [5.41, 5.74) is 0.768. The minimum atomic E-state index is -0.410. The summed E-state index contributed by atoms with van der Waals surface area (Å²) >= 11 is 0. The van der Waals surface area contributed by atoms with Crippen LogP contribution in [0.5, 0.6) is 5.75 Å². The minimum absolute atomic E-state index is 0.0424. The van der Waals surface area contributed by atoms with E-state index in [0.717, 1.165) is 25.2 Å². The molecule has 0 bridgehead atoms. The fourth-order valence-electron chi connectivity index (χ4n) is 2.30. The second-order valence-electron chi connectivity index (χ2n) is 4.69. The van der Waals surface area contributed by atoms with Crippen LogP contribution in [-0.2, 0) is 0 Å². The molecule has 1 unspecified atom stereocenters. The van der Waals surface area contributed by atoms with E-state index in [9.17, 15) is 10.1 Å². The van der Waals surface area contributed by atoms with Crippen molar-refractivity contribution in [1.29, 1.82) is 0 Å². The van der Waals surface area contributed by atoms with Crippen molar-refractivity contribution in [1.82, 2.24) is 5.32 Å². The largest absolute Gasteiger partial charge is 0.496 e. The standard InChI is InChI=1S/C13H19N3O3/c1-19-13-8-11(7-12(9-13)16(17)18)15-6-4-10-3-2-5-14-10/h7-10,14-15H,2-6H2,1H3. The zero-order valence-electron chi connectivity index (χ0n) is 11.0. The maximum atomic E-state index is 10.8. The molecule has 1 aliphatic heterocycles. The van der Waals surface area contributed by atoms with Crippen LogP contribution in [0.4, 0.5) is 11.4 Å². The molecule has 2 rings (SSSR count). The van der Waals surface area contributed by atoms with Crippen LogP contribution in [0.1, 0.15) is 19.3 Å². The predicted octanol–water partition coefficient (Wildman–Crippen LogP) is 2.16. The first kappa shape index (κ1) is 13.6. The Hall–Kier alpha value is -1.82. The van der Waals surface area contributed by atoms with E-state index >= 15 is 0 Å². The van der Waals surface area contributed by atoms with E-state index in [0.29, 0.717) is 11.8 Å². The van der Waals surface area contributed by atoms with Gasteiger partial charge in [-0.1, -0.05) is 0 Å². The monoisotopic (exact) mass is 265 g/mol. The molecular formula is C13H19N3O3. The summed E-state index contributed by atoms with van der Waals surface area (Å²) in [4.78, 5) is 10.4. The summed E-state index contributed by atoms with van der Waals surface area (Å²) in [6.45, 7) is 1.89. The van der Waals surface area contributed by atoms with Gasteiger partial charge in [0, 0.05) is 30.4 Å². The molecular weight excluding hydrogens is 246 g/mol. The highest BCUT2D eigenvalue weighted by Crippen LogP contribution is 2.25. The highest BCUT2D eigenvalue weighted by Gasteiger charge is 2.14. The maximum Gasteiger partial charge on any atom is 0.275 e. The third kappa shape index (κ3) is 3.82. The van der Waals surface area contributed by atoms with Gasteiger partial charge in [0.25, 0.3) is 5.69 Å². The van der Waals surface area contributed by atoms with Crippen molar-refractivity contribution in [2.75, 3.05) is 25.5 Å². The van der Waals surface area contributed by atoms with Crippen molar-refractivity contribution in [2.45, 2.75) is 25.3 Å². The third-order valence-electron chi connectivity index (χ3n) is 3.32. The fraction of sp³-hybridized carbons (Fsp3) is 0.538. The van der Waals surface area contributed by atoms with Crippen LogP contribution in [0.2, 0.25) is 0 Å². The lowest BCUT2D eigenvalue weighted by molar-refractivity contribution is -0.384. The maximum absolute atomic E-state index is 10.8. The number of benzene rings is 1. The SMILES string of the molecule is COc1cc(NCCC2CCCN2)cc([N+](=O)[O-])c1. The Balaban J connectivity index is 1.94. The molecule has 0 aromatic heterocycles. The van der Waals surface area contributed by atoms with Crippen molar-refractivity contribution >= 4 is 11.4 Å². The molecule has 2 N–H and O–H groups in total. The van der Waals surface area contributed by atoms with Crippen LogP contribution >= 0.6 is 0 Å². The molecule has 1 heterocycles. The number of rotatable bonds is 6. The Morgan fingerprint density at radius 3 is 3.00 bits per heavy atom. The molecule has 0 saturated carbocycles. The molecule has 0 aliphatic carbocycles. The van der Waals surface area contributed by atoms with Crippen LogP contribution in [0.15, 0.2) is 18.2 Å². The lowest BCUT2D eigenvalue weighted by Gasteiger charge is -2.12. The number of nitrogens with zero attached hydrogens (tertiary/aromatic N) is 1. The number of ether oxygens (including phenoxy) is 1. The second kappa shape index (κ2) is 6.38. The summed E-state index contributed by atoms with van der Waals surface area (Å²) in [5, 5.41) is 17.5.